The minimum absolute atomic E-state index is 0.185. The molecular weight excluding hydrogens is 594 g/mol. The van der Waals surface area contributed by atoms with Crippen molar-refractivity contribution < 1.29 is 9.59 Å². The predicted molar refractivity (Wildman–Crippen MR) is 177 cm³/mol. The molecule has 0 radical (unpaired) electrons. The number of piperazine rings is 1. The molecule has 0 unspecified atom stereocenters. The van der Waals surface area contributed by atoms with Crippen molar-refractivity contribution in [1.82, 2.24) is 24.6 Å². The summed E-state index contributed by atoms with van der Waals surface area (Å²) in [5.74, 6) is 1.96. The topological polar surface area (TPSA) is 110 Å². The summed E-state index contributed by atoms with van der Waals surface area (Å²) in [5.41, 5.74) is 9.64. The molecule has 1 atom stereocenters. The standard InChI is InChI=1S/C33H44ClN7O2S/c1-22-23(2)44-33-30(22)31(25-11-13-26(34)14-12-25)36-28(32-38-37-24(3)41(32)33)21-27(42)9-6-8-16-39-17-19-40(20-18-39)29(43)10-5-4-7-15-35/h11-14,28H,4-10,15-21,35H2,1-3H3/t28-/m0/s1. The predicted octanol–water partition coefficient (Wildman–Crippen LogP) is 5.59. The molecule has 44 heavy (non-hydrogen) atoms. The Hall–Kier alpha value is -2.92. The van der Waals surface area contributed by atoms with Gasteiger partial charge in [-0.2, -0.15) is 0 Å². The van der Waals surface area contributed by atoms with Gasteiger partial charge in [0.25, 0.3) is 0 Å². The van der Waals surface area contributed by atoms with Crippen LogP contribution in [0.5, 0.6) is 0 Å². The largest absolute Gasteiger partial charge is 0.340 e. The Balaban J connectivity index is 1.19. The summed E-state index contributed by atoms with van der Waals surface area (Å²) in [6.07, 6.45) is 6.13. The summed E-state index contributed by atoms with van der Waals surface area (Å²) in [7, 11) is 0. The van der Waals surface area contributed by atoms with Crippen LogP contribution in [0.25, 0.3) is 5.00 Å². The molecule has 1 amide bonds. The van der Waals surface area contributed by atoms with Gasteiger partial charge in [-0.15, -0.1) is 21.5 Å². The molecule has 1 saturated heterocycles. The third kappa shape index (κ3) is 7.47. The number of amides is 1. The number of hydrogen-bond acceptors (Lipinski definition) is 8. The van der Waals surface area contributed by atoms with Crippen LogP contribution in [0.4, 0.5) is 0 Å². The number of fused-ring (bicyclic) bond motifs is 3. The zero-order valence-corrected chi connectivity index (χ0v) is 27.7. The van der Waals surface area contributed by atoms with Crippen LogP contribution in [-0.2, 0) is 9.59 Å². The van der Waals surface area contributed by atoms with E-state index in [1.54, 1.807) is 11.3 Å². The zero-order valence-electron chi connectivity index (χ0n) is 26.1. The lowest BCUT2D eigenvalue weighted by molar-refractivity contribution is -0.133. The van der Waals surface area contributed by atoms with Gasteiger partial charge in [0.15, 0.2) is 5.82 Å². The second-order valence-corrected chi connectivity index (χ2v) is 13.6. The van der Waals surface area contributed by atoms with Crippen molar-refractivity contribution in [3.63, 3.8) is 0 Å². The Morgan fingerprint density at radius 2 is 1.68 bits per heavy atom. The molecule has 5 rings (SSSR count). The summed E-state index contributed by atoms with van der Waals surface area (Å²) >= 11 is 7.93. The van der Waals surface area contributed by atoms with E-state index in [4.69, 9.17) is 22.3 Å². The second-order valence-electron chi connectivity index (χ2n) is 11.9. The van der Waals surface area contributed by atoms with Crippen LogP contribution in [0.1, 0.15) is 90.6 Å². The van der Waals surface area contributed by atoms with E-state index < -0.39 is 6.04 Å². The fourth-order valence-electron chi connectivity index (χ4n) is 6.08. The van der Waals surface area contributed by atoms with Crippen molar-refractivity contribution in [3.8, 4) is 5.00 Å². The van der Waals surface area contributed by atoms with Crippen LogP contribution in [0.15, 0.2) is 29.3 Å². The van der Waals surface area contributed by atoms with Crippen molar-refractivity contribution in [2.45, 2.75) is 78.2 Å². The molecule has 4 heterocycles. The fraction of sp³-hybridized carbons (Fsp3) is 0.545. The quantitative estimate of drug-likeness (QED) is 0.245. The molecule has 2 aliphatic rings. The molecule has 1 aromatic carbocycles. The molecular formula is C33H44ClN7O2S. The SMILES string of the molecule is Cc1sc2c(c1C)C(c1ccc(Cl)cc1)=N[C@@H](CC(=O)CCCCN1CCN(C(=O)CCCCCN)CC1)c1nnc(C)n1-2. The van der Waals surface area contributed by atoms with E-state index in [-0.39, 0.29) is 18.1 Å². The first-order valence-corrected chi connectivity index (χ1v) is 17.0. The summed E-state index contributed by atoms with van der Waals surface area (Å²) in [4.78, 5) is 36.7. The van der Waals surface area contributed by atoms with Crippen LogP contribution in [0, 0.1) is 20.8 Å². The van der Waals surface area contributed by atoms with E-state index >= 15 is 0 Å². The number of aromatic nitrogens is 3. The van der Waals surface area contributed by atoms with E-state index in [0.29, 0.717) is 30.2 Å². The molecule has 0 aliphatic carbocycles. The number of nitrogens with zero attached hydrogens (tertiary/aromatic N) is 6. The number of ketones is 1. The van der Waals surface area contributed by atoms with Crippen LogP contribution in [0.2, 0.25) is 5.02 Å². The van der Waals surface area contributed by atoms with Crippen LogP contribution in [-0.4, -0.2) is 81.2 Å². The zero-order chi connectivity index (χ0) is 31.2. The number of aliphatic imine (C=N–C) groups is 1. The van der Waals surface area contributed by atoms with Crippen LogP contribution >= 0.6 is 22.9 Å². The third-order valence-corrected chi connectivity index (χ3v) is 10.2. The van der Waals surface area contributed by atoms with Crippen molar-refractivity contribution >= 4 is 40.3 Å². The average molecular weight is 638 g/mol. The fourth-order valence-corrected chi connectivity index (χ4v) is 7.42. The molecule has 0 spiro atoms. The van der Waals surface area contributed by atoms with Crippen molar-refractivity contribution in [1.29, 1.82) is 0 Å². The van der Waals surface area contributed by atoms with E-state index in [2.05, 4.69) is 33.5 Å². The maximum atomic E-state index is 13.4. The molecule has 0 saturated carbocycles. The highest BCUT2D eigenvalue weighted by atomic mass is 35.5. The van der Waals surface area contributed by atoms with Gasteiger partial charge in [-0.25, -0.2) is 0 Å². The molecule has 3 aromatic rings. The van der Waals surface area contributed by atoms with Gasteiger partial charge >= 0.3 is 0 Å². The number of hydrogen-bond donors (Lipinski definition) is 1. The second kappa shape index (κ2) is 14.9. The van der Waals surface area contributed by atoms with Crippen molar-refractivity contribution in [2.24, 2.45) is 10.7 Å². The van der Waals surface area contributed by atoms with Gasteiger partial charge < -0.3 is 10.6 Å². The number of aryl methyl sites for hydroxylation is 2. The Labute approximate surface area is 269 Å². The number of rotatable bonds is 13. The highest BCUT2D eigenvalue weighted by molar-refractivity contribution is 7.15. The summed E-state index contributed by atoms with van der Waals surface area (Å²) < 4.78 is 2.09. The maximum Gasteiger partial charge on any atom is 0.222 e. The average Bonchev–Trinajstić information content (AvgIpc) is 3.50. The molecule has 9 nitrogen and oxygen atoms in total. The Bertz CT molecular complexity index is 1490. The van der Waals surface area contributed by atoms with Crippen LogP contribution < -0.4 is 5.73 Å². The molecule has 0 bridgehead atoms. The van der Waals surface area contributed by atoms with E-state index in [1.165, 1.54) is 10.4 Å². The Morgan fingerprint density at radius 1 is 0.955 bits per heavy atom. The first kappa shape index (κ1) is 32.5. The lowest BCUT2D eigenvalue weighted by Gasteiger charge is -2.34. The van der Waals surface area contributed by atoms with E-state index in [1.807, 2.05) is 36.1 Å². The highest BCUT2D eigenvalue weighted by Crippen LogP contribution is 2.39. The first-order valence-electron chi connectivity index (χ1n) is 15.8. The molecule has 2 N–H and O–H groups in total. The number of Topliss-reactive ketones (excluding diaryl/α,β-unsaturated/α-hetero) is 1. The van der Waals surface area contributed by atoms with Crippen molar-refractivity contribution in [2.75, 3.05) is 39.3 Å². The monoisotopic (exact) mass is 637 g/mol. The van der Waals surface area contributed by atoms with E-state index in [0.717, 1.165) is 92.5 Å². The van der Waals surface area contributed by atoms with Gasteiger partial charge in [-0.1, -0.05) is 30.2 Å². The summed E-state index contributed by atoms with van der Waals surface area (Å²) in [6, 6.07) is 7.33. The first-order chi connectivity index (χ1) is 21.3. The number of nitrogens with two attached hydrogens (primary N) is 1. The van der Waals surface area contributed by atoms with Gasteiger partial charge in [0.1, 0.15) is 22.7 Å². The Morgan fingerprint density at radius 3 is 2.41 bits per heavy atom. The van der Waals surface area contributed by atoms with Gasteiger partial charge in [-0.3, -0.25) is 24.0 Å². The van der Waals surface area contributed by atoms with E-state index in [9.17, 15) is 9.59 Å². The molecule has 1 fully saturated rings. The Kier molecular flexibility index (Phi) is 11.0. The maximum absolute atomic E-state index is 13.4. The van der Waals surface area contributed by atoms with Gasteiger partial charge in [-0.05, 0) is 77.2 Å². The lowest BCUT2D eigenvalue weighted by Crippen LogP contribution is -2.48. The summed E-state index contributed by atoms with van der Waals surface area (Å²) in [5, 5.41) is 10.7. The molecule has 2 aliphatic heterocycles. The minimum Gasteiger partial charge on any atom is -0.340 e. The molecule has 11 heteroatoms. The molecule has 2 aromatic heterocycles. The third-order valence-electron chi connectivity index (χ3n) is 8.78. The number of halogens is 1. The smallest absolute Gasteiger partial charge is 0.222 e. The summed E-state index contributed by atoms with van der Waals surface area (Å²) in [6.45, 7) is 11.2. The molecule has 236 valence electrons. The van der Waals surface area contributed by atoms with Crippen LogP contribution in [0.3, 0.4) is 0 Å². The lowest BCUT2D eigenvalue weighted by atomic mass is 9.99. The number of unbranched alkanes of at least 4 members (excludes halogenated alkanes) is 3. The van der Waals surface area contributed by atoms with Gasteiger partial charge in [0.05, 0.1) is 5.71 Å². The van der Waals surface area contributed by atoms with Gasteiger partial charge in [0.2, 0.25) is 5.91 Å². The minimum atomic E-state index is -0.422. The highest BCUT2D eigenvalue weighted by Gasteiger charge is 2.32. The van der Waals surface area contributed by atoms with Gasteiger partial charge in [0, 0.05) is 66.5 Å². The number of carbonyl (C=O) groups is 2. The number of thiophene rings is 1. The normalized spacial score (nSPS) is 16.8. The number of carbonyl (C=O) groups excluding carboxylic acids is 2. The van der Waals surface area contributed by atoms with Crippen molar-refractivity contribution in [3.05, 3.63) is 62.5 Å². The number of benzene rings is 1.